The van der Waals surface area contributed by atoms with Crippen molar-refractivity contribution >= 4 is 15.8 Å². The maximum absolute atomic E-state index is 12.1. The van der Waals surface area contributed by atoms with Crippen molar-refractivity contribution in [2.75, 3.05) is 52.1 Å². The van der Waals surface area contributed by atoms with Crippen molar-refractivity contribution in [1.29, 1.82) is 0 Å². The largest absolute Gasteiger partial charge is 0.356 e. The Morgan fingerprint density at radius 2 is 2.09 bits per heavy atom. The number of guanidine groups is 1. The van der Waals surface area contributed by atoms with Gasteiger partial charge in [-0.1, -0.05) is 6.92 Å². The zero-order chi connectivity index (χ0) is 16.4. The van der Waals surface area contributed by atoms with Crippen molar-refractivity contribution in [3.8, 4) is 0 Å². The van der Waals surface area contributed by atoms with Crippen molar-refractivity contribution in [1.82, 2.24) is 15.1 Å². The number of hydrogen-bond acceptors (Lipinski definition) is 4. The quantitative estimate of drug-likeness (QED) is 0.600. The highest BCUT2D eigenvalue weighted by molar-refractivity contribution is 7.92. The summed E-state index contributed by atoms with van der Waals surface area (Å²) in [6, 6.07) is 0. The molecular weight excluding hydrogens is 300 g/mol. The summed E-state index contributed by atoms with van der Waals surface area (Å²) >= 11 is 0. The van der Waals surface area contributed by atoms with E-state index in [1.165, 1.54) is 13.0 Å². The molecule has 22 heavy (non-hydrogen) atoms. The summed E-state index contributed by atoms with van der Waals surface area (Å²) in [7, 11) is -1.24. The van der Waals surface area contributed by atoms with E-state index in [9.17, 15) is 8.42 Å². The van der Waals surface area contributed by atoms with E-state index in [0.717, 1.165) is 25.6 Å². The molecule has 2 rings (SSSR count). The average Bonchev–Trinajstić information content (AvgIpc) is 2.91. The lowest BCUT2D eigenvalue weighted by Gasteiger charge is -2.39. The summed E-state index contributed by atoms with van der Waals surface area (Å²) in [6.07, 6.45) is 1.22. The molecule has 2 aliphatic heterocycles. The first-order valence-electron chi connectivity index (χ1n) is 8.19. The molecule has 7 heteroatoms. The lowest BCUT2D eigenvalue weighted by Crippen LogP contribution is -2.57. The molecule has 6 nitrogen and oxygen atoms in total. The van der Waals surface area contributed by atoms with Gasteiger partial charge in [0, 0.05) is 33.2 Å². The van der Waals surface area contributed by atoms with E-state index in [0.29, 0.717) is 19.0 Å². The van der Waals surface area contributed by atoms with Gasteiger partial charge in [0.15, 0.2) is 15.8 Å². The van der Waals surface area contributed by atoms with Crippen LogP contribution in [0, 0.1) is 5.92 Å². The first kappa shape index (κ1) is 17.5. The zero-order valence-electron chi connectivity index (χ0n) is 14.3. The molecule has 2 heterocycles. The van der Waals surface area contributed by atoms with Crippen LogP contribution in [0.4, 0.5) is 0 Å². The Bertz CT molecular complexity index is 516. The van der Waals surface area contributed by atoms with Crippen molar-refractivity contribution in [2.24, 2.45) is 10.9 Å². The van der Waals surface area contributed by atoms with E-state index < -0.39 is 14.6 Å². The molecule has 0 spiro atoms. The van der Waals surface area contributed by atoms with Gasteiger partial charge in [0.2, 0.25) is 0 Å². The predicted molar refractivity (Wildman–Crippen MR) is 91.0 cm³/mol. The van der Waals surface area contributed by atoms with Crippen LogP contribution in [0.1, 0.15) is 27.2 Å². The lowest BCUT2D eigenvalue weighted by atomic mass is 10.1. The number of likely N-dealkylation sites (tertiary alicyclic amines) is 1. The van der Waals surface area contributed by atoms with Gasteiger partial charge < -0.3 is 15.1 Å². The molecule has 0 saturated carbocycles. The standard InChI is InChI=1S/C15H30N4O2S/c1-5-18-7-6-13(11-18)10-17-14(16-4)19-8-9-22(20,21)15(2,3)12-19/h13H,5-12H2,1-4H3,(H,16,17). The molecule has 0 aromatic carbocycles. The minimum Gasteiger partial charge on any atom is -0.356 e. The van der Waals surface area contributed by atoms with Gasteiger partial charge in [-0.05, 0) is 39.3 Å². The summed E-state index contributed by atoms with van der Waals surface area (Å²) in [5, 5.41) is 3.45. The molecule has 0 aliphatic carbocycles. The summed E-state index contributed by atoms with van der Waals surface area (Å²) in [5.41, 5.74) is 0. The molecular formula is C15H30N4O2S. The number of hydrogen-bond donors (Lipinski definition) is 1. The third-order valence-corrected chi connectivity index (χ3v) is 7.45. The molecule has 0 bridgehead atoms. The van der Waals surface area contributed by atoms with Gasteiger partial charge in [-0.3, -0.25) is 4.99 Å². The summed E-state index contributed by atoms with van der Waals surface area (Å²) in [6.45, 7) is 11.2. The Morgan fingerprint density at radius 1 is 1.36 bits per heavy atom. The normalized spacial score (nSPS) is 28.8. The Hall–Kier alpha value is -0.820. The van der Waals surface area contributed by atoms with Crippen LogP contribution in [0.2, 0.25) is 0 Å². The van der Waals surface area contributed by atoms with Gasteiger partial charge in [0.05, 0.1) is 10.5 Å². The highest BCUT2D eigenvalue weighted by atomic mass is 32.2. The van der Waals surface area contributed by atoms with Gasteiger partial charge in [-0.2, -0.15) is 0 Å². The van der Waals surface area contributed by atoms with Crippen LogP contribution < -0.4 is 5.32 Å². The number of rotatable bonds is 3. The van der Waals surface area contributed by atoms with Crippen LogP contribution in [-0.2, 0) is 9.84 Å². The monoisotopic (exact) mass is 330 g/mol. The van der Waals surface area contributed by atoms with Gasteiger partial charge in [-0.25, -0.2) is 8.42 Å². The number of sulfone groups is 1. The van der Waals surface area contributed by atoms with E-state index in [4.69, 9.17) is 0 Å². The van der Waals surface area contributed by atoms with Crippen molar-refractivity contribution < 1.29 is 8.42 Å². The number of nitrogens with zero attached hydrogens (tertiary/aromatic N) is 3. The average molecular weight is 330 g/mol. The lowest BCUT2D eigenvalue weighted by molar-refractivity contribution is 0.335. The van der Waals surface area contributed by atoms with Crippen LogP contribution in [-0.4, -0.2) is 81.0 Å². The van der Waals surface area contributed by atoms with Crippen molar-refractivity contribution in [3.63, 3.8) is 0 Å². The van der Waals surface area contributed by atoms with Gasteiger partial charge in [0.1, 0.15) is 0 Å². The fourth-order valence-electron chi connectivity index (χ4n) is 3.26. The molecule has 0 aromatic rings. The minimum absolute atomic E-state index is 0.202. The molecule has 1 atom stereocenters. The molecule has 2 fully saturated rings. The summed E-state index contributed by atoms with van der Waals surface area (Å²) in [5.74, 6) is 1.68. The predicted octanol–water partition coefficient (Wildman–Crippen LogP) is 0.413. The van der Waals surface area contributed by atoms with Crippen LogP contribution in [0.15, 0.2) is 4.99 Å². The van der Waals surface area contributed by atoms with E-state index in [1.807, 2.05) is 0 Å². The van der Waals surface area contributed by atoms with Crippen LogP contribution in [0.3, 0.4) is 0 Å². The molecule has 1 N–H and O–H groups in total. The fraction of sp³-hybridized carbons (Fsp3) is 0.933. The highest BCUT2D eigenvalue weighted by Crippen LogP contribution is 2.23. The molecule has 0 radical (unpaired) electrons. The van der Waals surface area contributed by atoms with Crippen molar-refractivity contribution in [2.45, 2.75) is 31.9 Å². The third kappa shape index (κ3) is 3.74. The third-order valence-electron chi connectivity index (χ3n) is 4.92. The second-order valence-corrected chi connectivity index (χ2v) is 9.72. The molecule has 0 aromatic heterocycles. The fourth-order valence-corrected chi connectivity index (χ4v) is 4.62. The van der Waals surface area contributed by atoms with Gasteiger partial charge in [0.25, 0.3) is 0 Å². The topological polar surface area (TPSA) is 65.0 Å². The maximum atomic E-state index is 12.1. The molecule has 128 valence electrons. The smallest absolute Gasteiger partial charge is 0.193 e. The first-order chi connectivity index (χ1) is 10.3. The minimum atomic E-state index is -3.01. The molecule has 1 unspecified atom stereocenters. The van der Waals surface area contributed by atoms with Crippen LogP contribution >= 0.6 is 0 Å². The van der Waals surface area contributed by atoms with Gasteiger partial charge in [-0.15, -0.1) is 0 Å². The summed E-state index contributed by atoms with van der Waals surface area (Å²) in [4.78, 5) is 8.89. The Labute approximate surface area is 134 Å². The van der Waals surface area contributed by atoms with Crippen molar-refractivity contribution in [3.05, 3.63) is 0 Å². The van der Waals surface area contributed by atoms with Crippen LogP contribution in [0.25, 0.3) is 0 Å². The van der Waals surface area contributed by atoms with Gasteiger partial charge >= 0.3 is 0 Å². The van der Waals surface area contributed by atoms with E-state index in [1.54, 1.807) is 20.9 Å². The van der Waals surface area contributed by atoms with E-state index in [2.05, 4.69) is 27.0 Å². The number of nitrogens with one attached hydrogen (secondary N) is 1. The Balaban J connectivity index is 1.90. The highest BCUT2D eigenvalue weighted by Gasteiger charge is 2.41. The van der Waals surface area contributed by atoms with Crippen LogP contribution in [0.5, 0.6) is 0 Å². The summed E-state index contributed by atoms with van der Waals surface area (Å²) < 4.78 is 23.5. The second-order valence-electron chi connectivity index (χ2n) is 6.98. The second kappa shape index (κ2) is 6.74. The zero-order valence-corrected chi connectivity index (χ0v) is 15.1. The molecule has 2 aliphatic rings. The Kier molecular flexibility index (Phi) is 5.37. The molecule has 0 amide bonds. The SMILES string of the molecule is CCN1CCC(CNC(=NC)N2CCS(=O)(=O)C(C)(C)C2)C1. The first-order valence-corrected chi connectivity index (χ1v) is 9.84. The van der Waals surface area contributed by atoms with E-state index in [-0.39, 0.29) is 5.75 Å². The maximum Gasteiger partial charge on any atom is 0.193 e. The Morgan fingerprint density at radius 3 is 2.64 bits per heavy atom. The van der Waals surface area contributed by atoms with E-state index >= 15 is 0 Å². The molecule has 2 saturated heterocycles. The number of aliphatic imine (C=N–C) groups is 1.